The molecular formula is C8H11N3. The monoisotopic (exact) mass is 149 g/mol. The van der Waals surface area contributed by atoms with Crippen molar-refractivity contribution in [1.29, 1.82) is 0 Å². The average molecular weight is 149 g/mol. The molecular weight excluding hydrogens is 138 g/mol. The van der Waals surface area contributed by atoms with Crippen LogP contribution in [0.15, 0.2) is 29.4 Å². The number of anilines is 1. The first-order chi connectivity index (χ1) is 5.25. The van der Waals surface area contributed by atoms with Gasteiger partial charge in [-0.1, -0.05) is 18.2 Å². The van der Waals surface area contributed by atoms with E-state index in [1.807, 2.05) is 31.2 Å². The fourth-order valence-electron chi connectivity index (χ4n) is 0.896. The number of para-hydroxylation sites is 1. The smallest absolute Gasteiger partial charge is 0.0662 e. The summed E-state index contributed by atoms with van der Waals surface area (Å²) in [4.78, 5) is 0. The second kappa shape index (κ2) is 3.05. The van der Waals surface area contributed by atoms with Gasteiger partial charge in [-0.2, -0.15) is 5.10 Å². The number of hydrogen-bond donors (Lipinski definition) is 2. The van der Waals surface area contributed by atoms with Crippen LogP contribution in [0.3, 0.4) is 0 Å². The normalized spacial score (nSPS) is 11.5. The molecule has 1 aromatic carbocycles. The minimum absolute atomic E-state index is 0.708. The van der Waals surface area contributed by atoms with E-state index >= 15 is 0 Å². The molecule has 0 amide bonds. The van der Waals surface area contributed by atoms with E-state index in [1.165, 1.54) is 0 Å². The van der Waals surface area contributed by atoms with Gasteiger partial charge in [0.2, 0.25) is 0 Å². The maximum absolute atomic E-state index is 5.66. The molecule has 1 rings (SSSR count). The molecule has 0 bridgehead atoms. The van der Waals surface area contributed by atoms with Crippen LogP contribution in [-0.4, -0.2) is 5.71 Å². The number of nitrogens with two attached hydrogens (primary N) is 2. The average Bonchev–Trinajstić information content (AvgIpc) is 2.04. The van der Waals surface area contributed by atoms with Crippen LogP contribution in [0, 0.1) is 0 Å². The largest absolute Gasteiger partial charge is 0.398 e. The lowest BCUT2D eigenvalue weighted by Crippen LogP contribution is -2.02. The van der Waals surface area contributed by atoms with E-state index in [4.69, 9.17) is 11.6 Å². The summed E-state index contributed by atoms with van der Waals surface area (Å²) in [5.74, 6) is 5.11. The first kappa shape index (κ1) is 7.60. The van der Waals surface area contributed by atoms with Gasteiger partial charge in [0.15, 0.2) is 0 Å². The van der Waals surface area contributed by atoms with Crippen molar-refractivity contribution in [1.82, 2.24) is 0 Å². The fourth-order valence-corrected chi connectivity index (χ4v) is 0.896. The van der Waals surface area contributed by atoms with Crippen LogP contribution in [0.4, 0.5) is 5.69 Å². The molecule has 1 aromatic rings. The molecule has 0 saturated heterocycles. The third kappa shape index (κ3) is 1.49. The molecule has 0 unspecified atom stereocenters. The van der Waals surface area contributed by atoms with E-state index in [0.717, 1.165) is 11.3 Å². The summed E-state index contributed by atoms with van der Waals surface area (Å²) >= 11 is 0. The van der Waals surface area contributed by atoms with Gasteiger partial charge in [-0.05, 0) is 13.0 Å². The number of benzene rings is 1. The van der Waals surface area contributed by atoms with E-state index in [9.17, 15) is 0 Å². The molecule has 4 N–H and O–H groups in total. The van der Waals surface area contributed by atoms with Crippen molar-refractivity contribution >= 4 is 11.4 Å². The Hall–Kier alpha value is -1.51. The molecule has 0 spiro atoms. The minimum atomic E-state index is 0.708. The third-order valence-electron chi connectivity index (χ3n) is 1.54. The number of rotatable bonds is 1. The molecule has 0 saturated carbocycles. The topological polar surface area (TPSA) is 64.4 Å². The summed E-state index contributed by atoms with van der Waals surface area (Å²) in [5, 5.41) is 3.56. The second-order valence-corrected chi connectivity index (χ2v) is 2.30. The Balaban J connectivity index is 3.14. The molecule has 0 radical (unpaired) electrons. The predicted octanol–water partition coefficient (Wildman–Crippen LogP) is 0.952. The zero-order chi connectivity index (χ0) is 8.27. The maximum Gasteiger partial charge on any atom is 0.0662 e. The van der Waals surface area contributed by atoms with Crippen molar-refractivity contribution in [3.63, 3.8) is 0 Å². The molecule has 0 aliphatic rings. The van der Waals surface area contributed by atoms with Gasteiger partial charge in [0.25, 0.3) is 0 Å². The Bertz CT molecular complexity index is 278. The molecule has 0 fully saturated rings. The summed E-state index contributed by atoms with van der Waals surface area (Å²) in [5.41, 5.74) is 8.02. The highest BCUT2D eigenvalue weighted by atomic mass is 15.1. The summed E-state index contributed by atoms with van der Waals surface area (Å²) in [7, 11) is 0. The lowest BCUT2D eigenvalue weighted by Gasteiger charge is -2.01. The van der Waals surface area contributed by atoms with Crippen molar-refractivity contribution in [2.45, 2.75) is 6.92 Å². The molecule has 3 nitrogen and oxygen atoms in total. The van der Waals surface area contributed by atoms with Crippen LogP contribution in [0.2, 0.25) is 0 Å². The van der Waals surface area contributed by atoms with E-state index < -0.39 is 0 Å². The standard InChI is InChI=1S/C8H11N3/c1-6(11-10)7-4-2-3-5-8(7)9/h2-5H,9-10H2,1H3/b11-6+. The van der Waals surface area contributed by atoms with Gasteiger partial charge in [0.1, 0.15) is 0 Å². The van der Waals surface area contributed by atoms with Gasteiger partial charge in [-0.25, -0.2) is 0 Å². The van der Waals surface area contributed by atoms with Crippen molar-refractivity contribution in [2.24, 2.45) is 10.9 Å². The maximum atomic E-state index is 5.66. The quantitative estimate of drug-likeness (QED) is 0.270. The third-order valence-corrected chi connectivity index (χ3v) is 1.54. The van der Waals surface area contributed by atoms with Crippen LogP contribution in [0.1, 0.15) is 12.5 Å². The van der Waals surface area contributed by atoms with E-state index in [1.54, 1.807) is 0 Å². The molecule has 58 valence electrons. The van der Waals surface area contributed by atoms with Crippen LogP contribution in [0.25, 0.3) is 0 Å². The SMILES string of the molecule is C/C(=N\N)c1ccccc1N. The summed E-state index contributed by atoms with van der Waals surface area (Å²) < 4.78 is 0. The minimum Gasteiger partial charge on any atom is -0.398 e. The van der Waals surface area contributed by atoms with E-state index in [2.05, 4.69) is 5.10 Å². The molecule has 0 atom stereocenters. The van der Waals surface area contributed by atoms with Crippen molar-refractivity contribution in [3.05, 3.63) is 29.8 Å². The van der Waals surface area contributed by atoms with Gasteiger partial charge in [0, 0.05) is 11.3 Å². The lowest BCUT2D eigenvalue weighted by molar-refractivity contribution is 1.24. The Labute approximate surface area is 65.7 Å². The fraction of sp³-hybridized carbons (Fsp3) is 0.125. The number of hydrogen-bond acceptors (Lipinski definition) is 3. The van der Waals surface area contributed by atoms with E-state index in [-0.39, 0.29) is 0 Å². The van der Waals surface area contributed by atoms with Gasteiger partial charge in [-0.15, -0.1) is 0 Å². The van der Waals surface area contributed by atoms with Crippen molar-refractivity contribution in [2.75, 3.05) is 5.73 Å². The zero-order valence-electron chi connectivity index (χ0n) is 6.41. The Morgan fingerprint density at radius 1 is 1.36 bits per heavy atom. The zero-order valence-corrected chi connectivity index (χ0v) is 6.41. The van der Waals surface area contributed by atoms with Crippen LogP contribution in [-0.2, 0) is 0 Å². The van der Waals surface area contributed by atoms with Crippen molar-refractivity contribution in [3.8, 4) is 0 Å². The highest BCUT2D eigenvalue weighted by molar-refractivity contribution is 6.02. The van der Waals surface area contributed by atoms with Crippen molar-refractivity contribution < 1.29 is 0 Å². The number of nitrogen functional groups attached to an aromatic ring is 1. The Morgan fingerprint density at radius 3 is 2.55 bits per heavy atom. The number of nitrogens with zero attached hydrogens (tertiary/aromatic N) is 1. The molecule has 0 aliphatic heterocycles. The molecule has 0 aliphatic carbocycles. The molecule has 0 heterocycles. The number of hydrazone groups is 1. The summed E-state index contributed by atoms with van der Waals surface area (Å²) in [6.07, 6.45) is 0. The summed E-state index contributed by atoms with van der Waals surface area (Å²) in [6.45, 7) is 1.83. The highest BCUT2D eigenvalue weighted by Gasteiger charge is 1.99. The van der Waals surface area contributed by atoms with Crippen LogP contribution in [0.5, 0.6) is 0 Å². The first-order valence-corrected chi connectivity index (χ1v) is 3.35. The summed E-state index contributed by atoms with van der Waals surface area (Å²) in [6, 6.07) is 7.49. The molecule has 3 heteroatoms. The molecule has 0 aromatic heterocycles. The predicted molar refractivity (Wildman–Crippen MR) is 47.3 cm³/mol. The van der Waals surface area contributed by atoms with E-state index in [0.29, 0.717) is 5.69 Å². The second-order valence-electron chi connectivity index (χ2n) is 2.30. The van der Waals surface area contributed by atoms with Gasteiger partial charge < -0.3 is 11.6 Å². The van der Waals surface area contributed by atoms with Gasteiger partial charge in [-0.3, -0.25) is 0 Å². The Kier molecular flexibility index (Phi) is 2.11. The van der Waals surface area contributed by atoms with Gasteiger partial charge >= 0.3 is 0 Å². The van der Waals surface area contributed by atoms with Gasteiger partial charge in [0.05, 0.1) is 5.71 Å². The first-order valence-electron chi connectivity index (χ1n) is 3.35. The lowest BCUT2D eigenvalue weighted by atomic mass is 10.1. The molecule has 11 heavy (non-hydrogen) atoms. The Morgan fingerprint density at radius 2 is 2.00 bits per heavy atom. The van der Waals surface area contributed by atoms with Crippen LogP contribution >= 0.6 is 0 Å². The van der Waals surface area contributed by atoms with Crippen LogP contribution < -0.4 is 11.6 Å². The highest BCUT2D eigenvalue weighted by Crippen LogP contribution is 2.10.